The van der Waals surface area contributed by atoms with Crippen molar-refractivity contribution < 1.29 is 14.3 Å². The van der Waals surface area contributed by atoms with E-state index < -0.39 is 0 Å². The number of fused-ring (bicyclic) bond motifs is 1. The van der Waals surface area contributed by atoms with Crippen LogP contribution in [0, 0.1) is 0 Å². The number of aromatic nitrogens is 4. The zero-order valence-corrected chi connectivity index (χ0v) is 16.4. The number of nitrogens with zero attached hydrogens (tertiary/aromatic N) is 4. The molecule has 0 atom stereocenters. The number of thioether (sulfide) groups is 1. The summed E-state index contributed by atoms with van der Waals surface area (Å²) in [5.41, 5.74) is 9.02. The van der Waals surface area contributed by atoms with Gasteiger partial charge in [0, 0.05) is 5.56 Å². The van der Waals surface area contributed by atoms with Crippen LogP contribution in [0.2, 0.25) is 0 Å². The number of carbonyl (C=O) groups excluding carboxylic acids is 1. The topological polar surface area (TPSA) is 105 Å². The smallest absolute Gasteiger partial charge is 0.316 e. The summed E-state index contributed by atoms with van der Waals surface area (Å²) in [7, 11) is 2.97. The molecule has 0 aliphatic rings. The van der Waals surface area contributed by atoms with Gasteiger partial charge in [-0.3, -0.25) is 4.79 Å². The Kier molecular flexibility index (Phi) is 5.50. The van der Waals surface area contributed by atoms with Gasteiger partial charge in [-0.1, -0.05) is 37.7 Å². The zero-order valence-electron chi connectivity index (χ0n) is 15.6. The minimum absolute atomic E-state index is 0.121. The van der Waals surface area contributed by atoms with Crippen molar-refractivity contribution in [3.05, 3.63) is 30.0 Å². The van der Waals surface area contributed by atoms with Crippen LogP contribution >= 0.6 is 11.8 Å². The molecule has 2 heterocycles. The largest absolute Gasteiger partial charge is 0.497 e. The van der Waals surface area contributed by atoms with E-state index in [4.69, 9.17) is 10.5 Å². The summed E-state index contributed by atoms with van der Waals surface area (Å²) < 4.78 is 11.4. The van der Waals surface area contributed by atoms with Crippen molar-refractivity contribution in [2.24, 2.45) is 0 Å². The summed E-state index contributed by atoms with van der Waals surface area (Å²) in [6, 6.07) is 7.63. The highest BCUT2D eigenvalue weighted by Gasteiger charge is 2.20. The molecule has 0 aliphatic heterocycles. The van der Waals surface area contributed by atoms with Crippen LogP contribution < -0.4 is 10.5 Å². The van der Waals surface area contributed by atoms with E-state index in [1.165, 1.54) is 23.4 Å². The summed E-state index contributed by atoms with van der Waals surface area (Å²) in [5, 5.41) is 4.81. The maximum Gasteiger partial charge on any atom is 0.316 e. The second kappa shape index (κ2) is 7.83. The predicted octanol–water partition coefficient (Wildman–Crippen LogP) is 2.77. The van der Waals surface area contributed by atoms with Crippen LogP contribution in [-0.2, 0) is 9.53 Å². The third-order valence-corrected chi connectivity index (χ3v) is 4.82. The van der Waals surface area contributed by atoms with Crippen molar-refractivity contribution in [3.8, 4) is 16.9 Å². The summed E-state index contributed by atoms with van der Waals surface area (Å²) in [4.78, 5) is 20.4. The second-order valence-electron chi connectivity index (χ2n) is 6.11. The van der Waals surface area contributed by atoms with E-state index in [-0.39, 0.29) is 17.6 Å². The standard InChI is InChI=1S/C18H21N5O3S/c1-10(2)15-14(11-5-7-12(25-3)8-6-11)16(19)23-17(20-15)21-18(22-23)27-9-13(24)26-4/h5-8,10H,9,19H2,1-4H3. The van der Waals surface area contributed by atoms with Gasteiger partial charge in [-0.05, 0) is 23.6 Å². The van der Waals surface area contributed by atoms with E-state index in [9.17, 15) is 4.79 Å². The van der Waals surface area contributed by atoms with Crippen LogP contribution in [0.4, 0.5) is 5.82 Å². The molecule has 2 aromatic heterocycles. The van der Waals surface area contributed by atoms with Crippen molar-refractivity contribution >= 4 is 29.3 Å². The number of methoxy groups -OCH3 is 2. The number of rotatable bonds is 6. The van der Waals surface area contributed by atoms with Gasteiger partial charge in [0.15, 0.2) is 0 Å². The SMILES string of the molecule is COC(=O)CSc1nc2nc(C(C)C)c(-c3ccc(OC)cc3)c(N)n2n1. The van der Waals surface area contributed by atoms with Gasteiger partial charge in [0.05, 0.1) is 25.7 Å². The number of ether oxygens (including phenoxy) is 2. The minimum Gasteiger partial charge on any atom is -0.497 e. The molecule has 3 rings (SSSR count). The molecule has 9 heteroatoms. The number of benzene rings is 1. The minimum atomic E-state index is -0.346. The van der Waals surface area contributed by atoms with Gasteiger partial charge in [0.1, 0.15) is 11.6 Å². The van der Waals surface area contributed by atoms with E-state index in [1.807, 2.05) is 24.3 Å². The molecule has 27 heavy (non-hydrogen) atoms. The third kappa shape index (κ3) is 3.82. The van der Waals surface area contributed by atoms with Gasteiger partial charge in [-0.25, -0.2) is 4.98 Å². The highest BCUT2D eigenvalue weighted by Crippen LogP contribution is 2.34. The molecule has 0 bridgehead atoms. The van der Waals surface area contributed by atoms with Crippen molar-refractivity contribution in [1.29, 1.82) is 0 Å². The van der Waals surface area contributed by atoms with E-state index in [0.29, 0.717) is 16.8 Å². The molecule has 1 aromatic carbocycles. The molecular formula is C18H21N5O3S. The monoisotopic (exact) mass is 387 g/mol. The summed E-state index contributed by atoms with van der Waals surface area (Å²) >= 11 is 1.18. The third-order valence-electron chi connectivity index (χ3n) is 4.00. The first-order valence-corrected chi connectivity index (χ1v) is 9.33. The van der Waals surface area contributed by atoms with E-state index in [0.717, 1.165) is 22.6 Å². The number of anilines is 1. The van der Waals surface area contributed by atoms with Gasteiger partial charge in [0.2, 0.25) is 5.16 Å². The average Bonchev–Trinajstić information content (AvgIpc) is 3.09. The Hall–Kier alpha value is -2.81. The first-order chi connectivity index (χ1) is 12.9. The van der Waals surface area contributed by atoms with Gasteiger partial charge in [0.25, 0.3) is 5.78 Å². The van der Waals surface area contributed by atoms with Crippen molar-refractivity contribution in [3.63, 3.8) is 0 Å². The number of esters is 1. The van der Waals surface area contributed by atoms with Gasteiger partial charge in [-0.15, -0.1) is 5.10 Å². The summed E-state index contributed by atoms with van der Waals surface area (Å²) in [5.74, 6) is 1.53. The Labute approximate surface area is 161 Å². The van der Waals surface area contributed by atoms with Crippen LogP contribution in [0.25, 0.3) is 16.9 Å². The Bertz CT molecular complexity index is 969. The Morgan fingerprint density at radius 3 is 2.52 bits per heavy atom. The number of nitrogen functional groups attached to an aromatic ring is 1. The maximum absolute atomic E-state index is 11.3. The van der Waals surface area contributed by atoms with Crippen molar-refractivity contribution in [2.75, 3.05) is 25.7 Å². The molecule has 0 fully saturated rings. The van der Waals surface area contributed by atoms with Gasteiger partial charge >= 0.3 is 5.97 Å². The molecule has 142 valence electrons. The Morgan fingerprint density at radius 1 is 1.22 bits per heavy atom. The highest BCUT2D eigenvalue weighted by atomic mass is 32.2. The fraction of sp³-hybridized carbons (Fsp3) is 0.333. The van der Waals surface area contributed by atoms with Crippen LogP contribution in [0.1, 0.15) is 25.5 Å². The zero-order chi connectivity index (χ0) is 19.6. The fourth-order valence-corrected chi connectivity index (χ4v) is 3.29. The molecule has 0 saturated heterocycles. The predicted molar refractivity (Wildman–Crippen MR) is 104 cm³/mol. The molecule has 0 unspecified atom stereocenters. The van der Waals surface area contributed by atoms with Crippen LogP contribution in [-0.4, -0.2) is 45.5 Å². The van der Waals surface area contributed by atoms with Crippen molar-refractivity contribution in [1.82, 2.24) is 19.6 Å². The maximum atomic E-state index is 11.3. The van der Waals surface area contributed by atoms with Crippen LogP contribution in [0.15, 0.2) is 29.4 Å². The first kappa shape index (κ1) is 19.0. The fourth-order valence-electron chi connectivity index (χ4n) is 2.64. The van der Waals surface area contributed by atoms with E-state index in [1.54, 1.807) is 7.11 Å². The quantitative estimate of drug-likeness (QED) is 0.508. The molecule has 0 amide bonds. The number of hydrogen-bond acceptors (Lipinski definition) is 8. The number of carbonyl (C=O) groups is 1. The average molecular weight is 387 g/mol. The first-order valence-electron chi connectivity index (χ1n) is 8.34. The lowest BCUT2D eigenvalue weighted by Gasteiger charge is -2.15. The molecule has 8 nitrogen and oxygen atoms in total. The number of nitrogens with two attached hydrogens (primary N) is 1. The van der Waals surface area contributed by atoms with Crippen LogP contribution in [0.3, 0.4) is 0 Å². The lowest BCUT2D eigenvalue weighted by atomic mass is 9.98. The second-order valence-corrected chi connectivity index (χ2v) is 7.05. The lowest BCUT2D eigenvalue weighted by Crippen LogP contribution is -2.08. The van der Waals surface area contributed by atoms with Gasteiger partial charge < -0.3 is 15.2 Å². The summed E-state index contributed by atoms with van der Waals surface area (Å²) in [6.45, 7) is 4.10. The number of hydrogen-bond donors (Lipinski definition) is 1. The molecule has 0 spiro atoms. The Morgan fingerprint density at radius 2 is 1.93 bits per heavy atom. The molecule has 0 aliphatic carbocycles. The molecule has 3 aromatic rings. The van der Waals surface area contributed by atoms with Gasteiger partial charge in [-0.2, -0.15) is 9.50 Å². The highest BCUT2D eigenvalue weighted by molar-refractivity contribution is 7.99. The lowest BCUT2D eigenvalue weighted by molar-refractivity contribution is -0.137. The van der Waals surface area contributed by atoms with E-state index >= 15 is 0 Å². The van der Waals surface area contributed by atoms with Crippen LogP contribution in [0.5, 0.6) is 5.75 Å². The molecular weight excluding hydrogens is 366 g/mol. The van der Waals surface area contributed by atoms with E-state index in [2.05, 4.69) is 33.7 Å². The Balaban J connectivity index is 2.09. The normalized spacial score (nSPS) is 11.1. The molecule has 0 saturated carbocycles. The van der Waals surface area contributed by atoms with Crippen molar-refractivity contribution in [2.45, 2.75) is 24.9 Å². The molecule has 0 radical (unpaired) electrons. The molecule has 2 N–H and O–H groups in total. The summed E-state index contributed by atoms with van der Waals surface area (Å²) in [6.07, 6.45) is 0.